The highest BCUT2D eigenvalue weighted by atomic mass is 16.2. The molecule has 0 bridgehead atoms. The molecule has 1 unspecified atom stereocenters. The van der Waals surface area contributed by atoms with Crippen LogP contribution in [-0.2, 0) is 16.8 Å². The highest BCUT2D eigenvalue weighted by molar-refractivity contribution is 5.94. The van der Waals surface area contributed by atoms with Gasteiger partial charge in [-0.05, 0) is 30.4 Å². The molecule has 1 aromatic carbocycles. The number of carbonyl (C=O) groups excluding carboxylic acids is 1. The van der Waals surface area contributed by atoms with E-state index in [2.05, 4.69) is 26.0 Å². The van der Waals surface area contributed by atoms with Crippen LogP contribution in [0.1, 0.15) is 57.1 Å². The van der Waals surface area contributed by atoms with Crippen molar-refractivity contribution in [2.75, 3.05) is 7.05 Å². The van der Waals surface area contributed by atoms with Crippen molar-refractivity contribution in [3.05, 3.63) is 35.4 Å². The van der Waals surface area contributed by atoms with E-state index in [4.69, 9.17) is 11.1 Å². The van der Waals surface area contributed by atoms with Gasteiger partial charge in [0.15, 0.2) is 0 Å². The van der Waals surface area contributed by atoms with Crippen molar-refractivity contribution in [3.63, 3.8) is 0 Å². The second-order valence-corrected chi connectivity index (χ2v) is 5.92. The second kappa shape index (κ2) is 8.69. The average molecular weight is 303 g/mol. The van der Waals surface area contributed by atoms with E-state index in [1.165, 1.54) is 10.5 Å². The van der Waals surface area contributed by atoms with Crippen LogP contribution < -0.4 is 5.73 Å². The maximum Gasteiger partial charge on any atom is 0.252 e. The standard InChI is InChI=1S/C18H29N3O/c1-4-6-9-15-10-8-11-16(13-15)18(20,12-7-5-2)17(22)21(3)14-19/h8,10-11,13-14,19H,4-7,9,12,20H2,1-3H3. The molecule has 0 aliphatic carbocycles. The SMILES string of the molecule is CCCCc1cccc(C(N)(CCCC)C(=O)N(C)C=N)c1. The smallest absolute Gasteiger partial charge is 0.252 e. The molecule has 22 heavy (non-hydrogen) atoms. The van der Waals surface area contributed by atoms with Crippen LogP contribution in [-0.4, -0.2) is 24.2 Å². The molecule has 1 amide bonds. The number of rotatable bonds is 9. The molecule has 0 aromatic heterocycles. The Morgan fingerprint density at radius 3 is 2.59 bits per heavy atom. The lowest BCUT2D eigenvalue weighted by molar-refractivity contribution is -0.132. The molecule has 4 nitrogen and oxygen atoms in total. The van der Waals surface area contributed by atoms with Crippen LogP contribution in [0.2, 0.25) is 0 Å². The monoisotopic (exact) mass is 303 g/mol. The van der Waals surface area contributed by atoms with Crippen molar-refractivity contribution in [1.82, 2.24) is 4.90 Å². The fourth-order valence-corrected chi connectivity index (χ4v) is 2.59. The summed E-state index contributed by atoms with van der Waals surface area (Å²) in [5.74, 6) is -0.219. The minimum absolute atomic E-state index is 0.219. The summed E-state index contributed by atoms with van der Waals surface area (Å²) in [5.41, 5.74) is 7.55. The van der Waals surface area contributed by atoms with Crippen LogP contribution in [0.25, 0.3) is 0 Å². The van der Waals surface area contributed by atoms with Gasteiger partial charge in [-0.25, -0.2) is 0 Å². The van der Waals surface area contributed by atoms with Crippen molar-refractivity contribution in [2.24, 2.45) is 5.73 Å². The normalized spacial score (nSPS) is 13.5. The zero-order valence-electron chi connectivity index (χ0n) is 14.1. The van der Waals surface area contributed by atoms with Gasteiger partial charge in [-0.3, -0.25) is 10.2 Å². The predicted octanol–water partition coefficient (Wildman–Crippen LogP) is 3.44. The molecule has 1 atom stereocenters. The molecule has 0 saturated carbocycles. The van der Waals surface area contributed by atoms with Crippen molar-refractivity contribution in [3.8, 4) is 0 Å². The Bertz CT molecular complexity index is 501. The van der Waals surface area contributed by atoms with E-state index in [-0.39, 0.29) is 5.91 Å². The molecule has 0 radical (unpaired) electrons. The van der Waals surface area contributed by atoms with Gasteiger partial charge in [-0.2, -0.15) is 0 Å². The molecule has 0 aliphatic heterocycles. The van der Waals surface area contributed by atoms with Crippen molar-refractivity contribution in [1.29, 1.82) is 5.41 Å². The van der Waals surface area contributed by atoms with E-state index in [1.54, 1.807) is 7.05 Å². The van der Waals surface area contributed by atoms with E-state index >= 15 is 0 Å². The summed E-state index contributed by atoms with van der Waals surface area (Å²) < 4.78 is 0. The number of amides is 1. The molecule has 3 N–H and O–H groups in total. The van der Waals surface area contributed by atoms with Gasteiger partial charge >= 0.3 is 0 Å². The van der Waals surface area contributed by atoms with E-state index in [9.17, 15) is 4.79 Å². The number of hydrogen-bond acceptors (Lipinski definition) is 3. The summed E-state index contributed by atoms with van der Waals surface area (Å²) in [6.45, 7) is 4.25. The number of unbranched alkanes of at least 4 members (excludes halogenated alkanes) is 2. The molecule has 1 aromatic rings. The average Bonchev–Trinajstić information content (AvgIpc) is 2.56. The van der Waals surface area contributed by atoms with Crippen LogP contribution in [0.15, 0.2) is 24.3 Å². The van der Waals surface area contributed by atoms with Gasteiger partial charge in [0.25, 0.3) is 5.91 Å². The van der Waals surface area contributed by atoms with E-state index in [0.717, 1.165) is 44.0 Å². The number of benzene rings is 1. The molecular weight excluding hydrogens is 274 g/mol. The fraction of sp³-hybridized carbons (Fsp3) is 0.556. The molecule has 0 spiro atoms. The zero-order valence-corrected chi connectivity index (χ0v) is 14.1. The lowest BCUT2D eigenvalue weighted by Gasteiger charge is -2.31. The van der Waals surface area contributed by atoms with Crippen LogP contribution in [0.4, 0.5) is 0 Å². The maximum atomic E-state index is 12.7. The van der Waals surface area contributed by atoms with E-state index in [0.29, 0.717) is 6.42 Å². The highest BCUT2D eigenvalue weighted by Gasteiger charge is 2.37. The fourth-order valence-electron chi connectivity index (χ4n) is 2.59. The highest BCUT2D eigenvalue weighted by Crippen LogP contribution is 2.27. The van der Waals surface area contributed by atoms with Crippen molar-refractivity contribution >= 4 is 12.2 Å². The van der Waals surface area contributed by atoms with Crippen LogP contribution in [0, 0.1) is 5.41 Å². The summed E-state index contributed by atoms with van der Waals surface area (Å²) in [6, 6.07) is 8.05. The first-order valence-electron chi connectivity index (χ1n) is 8.15. The van der Waals surface area contributed by atoms with Crippen molar-refractivity contribution < 1.29 is 4.79 Å². The van der Waals surface area contributed by atoms with Gasteiger partial charge in [0.2, 0.25) is 0 Å². The molecule has 0 aliphatic rings. The van der Waals surface area contributed by atoms with Gasteiger partial charge in [0.05, 0.1) is 6.34 Å². The number of aryl methyl sites for hydroxylation is 1. The van der Waals surface area contributed by atoms with Crippen LogP contribution in [0.3, 0.4) is 0 Å². The zero-order chi connectivity index (χ0) is 16.6. The van der Waals surface area contributed by atoms with Crippen LogP contribution >= 0.6 is 0 Å². The molecular formula is C18H29N3O. The van der Waals surface area contributed by atoms with Crippen molar-refractivity contribution in [2.45, 2.75) is 57.9 Å². The van der Waals surface area contributed by atoms with Gasteiger partial charge in [-0.1, -0.05) is 57.4 Å². The quantitative estimate of drug-likeness (QED) is 0.542. The minimum atomic E-state index is -1.05. The molecule has 0 heterocycles. The molecule has 4 heteroatoms. The first-order chi connectivity index (χ1) is 10.5. The minimum Gasteiger partial charge on any atom is -0.314 e. The van der Waals surface area contributed by atoms with Gasteiger partial charge < -0.3 is 10.6 Å². The maximum absolute atomic E-state index is 12.7. The lowest BCUT2D eigenvalue weighted by Crippen LogP contribution is -2.51. The van der Waals surface area contributed by atoms with E-state index < -0.39 is 5.54 Å². The summed E-state index contributed by atoms with van der Waals surface area (Å²) >= 11 is 0. The number of nitrogens with zero attached hydrogens (tertiary/aromatic N) is 1. The number of hydrogen-bond donors (Lipinski definition) is 2. The Labute approximate surface area is 134 Å². The largest absolute Gasteiger partial charge is 0.314 e. The van der Waals surface area contributed by atoms with Gasteiger partial charge in [0.1, 0.15) is 5.54 Å². The molecule has 1 rings (SSSR count). The summed E-state index contributed by atoms with van der Waals surface area (Å²) in [5, 5.41) is 7.32. The third-order valence-corrected chi connectivity index (χ3v) is 4.08. The Hall–Kier alpha value is -1.68. The Kier molecular flexibility index (Phi) is 7.25. The van der Waals surface area contributed by atoms with Gasteiger partial charge in [-0.15, -0.1) is 0 Å². The van der Waals surface area contributed by atoms with Crippen LogP contribution in [0.5, 0.6) is 0 Å². The first-order valence-corrected chi connectivity index (χ1v) is 8.15. The number of nitrogens with one attached hydrogen (secondary N) is 1. The second-order valence-electron chi connectivity index (χ2n) is 5.92. The number of nitrogens with two attached hydrogens (primary N) is 1. The number of carbonyl (C=O) groups is 1. The lowest BCUT2D eigenvalue weighted by atomic mass is 9.83. The molecule has 0 fully saturated rings. The Morgan fingerprint density at radius 1 is 1.32 bits per heavy atom. The topological polar surface area (TPSA) is 70.2 Å². The molecule has 122 valence electrons. The third kappa shape index (κ3) is 4.41. The molecule has 0 saturated heterocycles. The number of likely N-dealkylation sites (N-methyl/N-ethyl adjacent to an activating group) is 1. The Morgan fingerprint density at radius 2 is 2.00 bits per heavy atom. The summed E-state index contributed by atoms with van der Waals surface area (Å²) in [7, 11) is 1.59. The van der Waals surface area contributed by atoms with E-state index in [1.807, 2.05) is 12.1 Å². The Balaban J connectivity index is 3.15. The first kappa shape index (κ1) is 18.4. The van der Waals surface area contributed by atoms with Gasteiger partial charge in [0, 0.05) is 7.05 Å². The predicted molar refractivity (Wildman–Crippen MR) is 92.0 cm³/mol. The summed E-state index contributed by atoms with van der Waals surface area (Å²) in [4.78, 5) is 13.9. The summed E-state index contributed by atoms with van der Waals surface area (Å²) in [6.07, 6.45) is 6.76. The third-order valence-electron chi connectivity index (χ3n) is 4.08.